The Kier molecular flexibility index (Phi) is 16.6. The number of esters is 1. The van der Waals surface area contributed by atoms with Crippen molar-refractivity contribution in [1.82, 2.24) is 0 Å². The Morgan fingerprint density at radius 2 is 0.760 bits per heavy atom. The molecule has 6 heteroatoms. The second kappa shape index (κ2) is 21.3. The standard InChI is InChI=1S/C16H22O2.2C14H18O2/c1-2-18-16(17)12-13-8-10-15(11-9-13)14-6-4-3-5-7-14;2*15-14(16)10-11-6-8-13(9-7-11)12-4-2-1-3-5-12/h3-7,13,15H,2,8-12H2,1H3;2*1-5,11,13H,6-10H2,(H,15,16). The van der Waals surface area contributed by atoms with Gasteiger partial charge in [-0.2, -0.15) is 0 Å². The number of carboxylic acids is 2. The van der Waals surface area contributed by atoms with Crippen LogP contribution in [-0.4, -0.2) is 34.7 Å². The van der Waals surface area contributed by atoms with Crippen LogP contribution in [-0.2, 0) is 19.1 Å². The minimum absolute atomic E-state index is 0.0272. The van der Waals surface area contributed by atoms with Gasteiger partial charge in [-0.1, -0.05) is 91.0 Å². The van der Waals surface area contributed by atoms with Crippen LogP contribution in [0.25, 0.3) is 0 Å². The Balaban J connectivity index is 0.000000169. The van der Waals surface area contributed by atoms with Crippen LogP contribution in [0.5, 0.6) is 0 Å². The van der Waals surface area contributed by atoms with E-state index in [4.69, 9.17) is 14.9 Å². The first kappa shape index (κ1) is 38.9. The fraction of sp³-hybridized carbons (Fsp3) is 0.523. The molecule has 50 heavy (non-hydrogen) atoms. The lowest BCUT2D eigenvalue weighted by molar-refractivity contribution is -0.144. The van der Waals surface area contributed by atoms with Gasteiger partial charge >= 0.3 is 17.9 Å². The molecule has 0 aromatic heterocycles. The van der Waals surface area contributed by atoms with Crippen molar-refractivity contribution in [2.75, 3.05) is 6.61 Å². The minimum atomic E-state index is -0.650. The Morgan fingerprint density at radius 1 is 0.480 bits per heavy atom. The molecule has 0 aliphatic heterocycles. The van der Waals surface area contributed by atoms with E-state index in [9.17, 15) is 14.4 Å². The number of hydrogen-bond acceptors (Lipinski definition) is 4. The zero-order chi connectivity index (χ0) is 35.6. The predicted molar refractivity (Wildman–Crippen MR) is 199 cm³/mol. The first-order valence-corrected chi connectivity index (χ1v) is 19.0. The van der Waals surface area contributed by atoms with Gasteiger partial charge in [0.15, 0.2) is 0 Å². The molecule has 6 rings (SSSR count). The summed E-state index contributed by atoms with van der Waals surface area (Å²) in [5, 5.41) is 17.5. The van der Waals surface area contributed by atoms with Crippen molar-refractivity contribution in [3.8, 4) is 0 Å². The van der Waals surface area contributed by atoms with Gasteiger partial charge in [-0.05, 0) is 136 Å². The van der Waals surface area contributed by atoms with Crippen molar-refractivity contribution in [3.05, 3.63) is 108 Å². The summed E-state index contributed by atoms with van der Waals surface area (Å²) in [7, 11) is 0. The molecule has 0 saturated heterocycles. The molecule has 0 bridgehead atoms. The van der Waals surface area contributed by atoms with E-state index in [-0.39, 0.29) is 5.97 Å². The summed E-state index contributed by atoms with van der Waals surface area (Å²) in [6.07, 6.45) is 14.8. The van der Waals surface area contributed by atoms with E-state index in [1.54, 1.807) is 0 Å². The summed E-state index contributed by atoms with van der Waals surface area (Å²) in [5.74, 6) is 1.98. The second-order valence-corrected chi connectivity index (χ2v) is 14.6. The van der Waals surface area contributed by atoms with Crippen molar-refractivity contribution >= 4 is 17.9 Å². The maximum atomic E-state index is 11.4. The minimum Gasteiger partial charge on any atom is -0.481 e. The van der Waals surface area contributed by atoms with Gasteiger partial charge in [0.2, 0.25) is 0 Å². The Labute approximate surface area is 299 Å². The molecule has 3 aromatic carbocycles. The fourth-order valence-corrected chi connectivity index (χ4v) is 8.22. The average molecular weight is 683 g/mol. The average Bonchev–Trinajstić information content (AvgIpc) is 3.14. The number of rotatable bonds is 10. The molecule has 0 amide bonds. The molecule has 3 aromatic rings. The lowest BCUT2D eigenvalue weighted by atomic mass is 9.77. The molecule has 3 fully saturated rings. The van der Waals surface area contributed by atoms with E-state index in [0.29, 0.717) is 61.4 Å². The van der Waals surface area contributed by atoms with Crippen molar-refractivity contribution in [2.24, 2.45) is 17.8 Å². The quantitative estimate of drug-likeness (QED) is 0.206. The lowest BCUT2D eigenvalue weighted by Gasteiger charge is -2.28. The number of carbonyl (C=O) groups excluding carboxylic acids is 1. The van der Waals surface area contributed by atoms with E-state index in [0.717, 1.165) is 64.2 Å². The molecule has 0 spiro atoms. The molecule has 3 aliphatic rings. The van der Waals surface area contributed by atoms with Crippen molar-refractivity contribution in [3.63, 3.8) is 0 Å². The first-order valence-electron chi connectivity index (χ1n) is 19.0. The summed E-state index contributed by atoms with van der Waals surface area (Å²) in [5.41, 5.74) is 4.28. The summed E-state index contributed by atoms with van der Waals surface area (Å²) in [6, 6.07) is 31.9. The van der Waals surface area contributed by atoms with Gasteiger partial charge in [0.05, 0.1) is 6.61 Å². The highest BCUT2D eigenvalue weighted by Crippen LogP contribution is 2.39. The Bertz CT molecular complexity index is 1310. The van der Waals surface area contributed by atoms with Crippen LogP contribution in [0.1, 0.15) is 138 Å². The van der Waals surface area contributed by atoms with Crippen LogP contribution in [0, 0.1) is 17.8 Å². The normalized spacial score (nSPS) is 24.7. The molecule has 2 N–H and O–H groups in total. The van der Waals surface area contributed by atoms with Gasteiger partial charge < -0.3 is 14.9 Å². The third-order valence-corrected chi connectivity index (χ3v) is 11.0. The molecule has 0 unspecified atom stereocenters. The number of carbonyl (C=O) groups is 3. The highest BCUT2D eigenvalue weighted by atomic mass is 16.5. The zero-order valence-corrected chi connectivity index (χ0v) is 30.0. The summed E-state index contributed by atoms with van der Waals surface area (Å²) >= 11 is 0. The van der Waals surface area contributed by atoms with Gasteiger partial charge in [0, 0.05) is 19.3 Å². The maximum absolute atomic E-state index is 11.4. The van der Waals surface area contributed by atoms with E-state index >= 15 is 0 Å². The van der Waals surface area contributed by atoms with Crippen molar-refractivity contribution in [2.45, 2.75) is 121 Å². The van der Waals surface area contributed by atoms with Crippen LogP contribution in [0.15, 0.2) is 91.0 Å². The summed E-state index contributed by atoms with van der Waals surface area (Å²) in [4.78, 5) is 32.7. The van der Waals surface area contributed by atoms with E-state index < -0.39 is 11.9 Å². The smallest absolute Gasteiger partial charge is 0.306 e. The molecule has 3 aliphatic carbocycles. The monoisotopic (exact) mass is 682 g/mol. The number of carboxylic acid groups (broad SMARTS) is 2. The number of aliphatic carboxylic acids is 2. The van der Waals surface area contributed by atoms with Crippen molar-refractivity contribution < 1.29 is 29.3 Å². The highest BCUT2D eigenvalue weighted by Gasteiger charge is 2.26. The van der Waals surface area contributed by atoms with E-state index in [2.05, 4.69) is 78.9 Å². The highest BCUT2D eigenvalue weighted by molar-refractivity contribution is 5.69. The summed E-state index contributed by atoms with van der Waals surface area (Å²) in [6.45, 7) is 2.36. The largest absolute Gasteiger partial charge is 0.481 e. The Morgan fingerprint density at radius 3 is 1.02 bits per heavy atom. The van der Waals surface area contributed by atoms with E-state index in [1.165, 1.54) is 29.5 Å². The molecule has 0 radical (unpaired) electrons. The predicted octanol–water partition coefficient (Wildman–Crippen LogP) is 10.8. The van der Waals surface area contributed by atoms with Gasteiger partial charge in [-0.15, -0.1) is 0 Å². The zero-order valence-electron chi connectivity index (χ0n) is 30.0. The SMILES string of the molecule is CCOC(=O)CC1CCC(c2ccccc2)CC1.O=C(O)CC1CCC(c2ccccc2)CC1.O=C(O)CC1CCC(c2ccccc2)CC1. The van der Waals surface area contributed by atoms with E-state index in [1.807, 2.05) is 19.1 Å². The van der Waals surface area contributed by atoms with Gasteiger partial charge in [-0.3, -0.25) is 14.4 Å². The van der Waals surface area contributed by atoms with Gasteiger partial charge in [0.25, 0.3) is 0 Å². The van der Waals surface area contributed by atoms with Crippen LogP contribution in [0.4, 0.5) is 0 Å². The molecular weight excluding hydrogens is 624 g/mol. The molecule has 270 valence electrons. The van der Waals surface area contributed by atoms with Gasteiger partial charge in [0.1, 0.15) is 0 Å². The molecule has 0 atom stereocenters. The number of hydrogen-bond donors (Lipinski definition) is 2. The van der Waals surface area contributed by atoms with Crippen LogP contribution >= 0.6 is 0 Å². The summed E-state index contributed by atoms with van der Waals surface area (Å²) < 4.78 is 5.02. The lowest BCUT2D eigenvalue weighted by Crippen LogP contribution is -2.17. The molecular formula is C44H58O6. The van der Waals surface area contributed by atoms with Gasteiger partial charge in [-0.25, -0.2) is 0 Å². The first-order chi connectivity index (χ1) is 24.3. The molecule has 3 saturated carbocycles. The van der Waals surface area contributed by atoms with Crippen LogP contribution in [0.2, 0.25) is 0 Å². The maximum Gasteiger partial charge on any atom is 0.306 e. The fourth-order valence-electron chi connectivity index (χ4n) is 8.22. The second-order valence-electron chi connectivity index (χ2n) is 14.6. The Hall–Kier alpha value is -3.93. The molecule has 6 nitrogen and oxygen atoms in total. The third-order valence-electron chi connectivity index (χ3n) is 11.0. The van der Waals surface area contributed by atoms with Crippen molar-refractivity contribution in [1.29, 1.82) is 0 Å². The molecule has 0 heterocycles. The topological polar surface area (TPSA) is 101 Å². The number of ether oxygens (including phenoxy) is 1. The number of benzene rings is 3. The van der Waals surface area contributed by atoms with Crippen LogP contribution in [0.3, 0.4) is 0 Å². The van der Waals surface area contributed by atoms with Crippen LogP contribution < -0.4 is 0 Å². The third kappa shape index (κ3) is 13.8.